The monoisotopic (exact) mass is 265 g/mol. The molecule has 0 unspecified atom stereocenters. The van der Waals surface area contributed by atoms with Gasteiger partial charge in [-0.3, -0.25) is 9.20 Å². The summed E-state index contributed by atoms with van der Waals surface area (Å²) in [5.41, 5.74) is 0.969. The lowest BCUT2D eigenvalue weighted by atomic mass is 10.2. The fourth-order valence-electron chi connectivity index (χ4n) is 2.24. The molecular weight excluding hydrogens is 250 g/mol. The number of fused-ring (bicyclic) bond motifs is 1. The normalized spacial score (nSPS) is 20.6. The highest BCUT2D eigenvalue weighted by Gasteiger charge is 2.25. The molecule has 1 amide bonds. The predicted octanol–water partition coefficient (Wildman–Crippen LogP) is 1.57. The van der Waals surface area contributed by atoms with Crippen LogP contribution in [0.2, 0.25) is 0 Å². The number of morpholine rings is 1. The molecule has 2 aromatic heterocycles. The first kappa shape index (κ1) is 11.7. The summed E-state index contributed by atoms with van der Waals surface area (Å²) in [5, 5.41) is 0. The summed E-state index contributed by atoms with van der Waals surface area (Å²) in [6.07, 6.45) is 3.76. The second-order valence-corrected chi connectivity index (χ2v) is 5.51. The first-order chi connectivity index (χ1) is 8.66. The van der Waals surface area contributed by atoms with Crippen LogP contribution >= 0.6 is 11.3 Å². The highest BCUT2D eigenvalue weighted by atomic mass is 32.1. The van der Waals surface area contributed by atoms with Gasteiger partial charge in [0.05, 0.1) is 12.7 Å². The van der Waals surface area contributed by atoms with Crippen LogP contribution in [0.1, 0.15) is 22.3 Å². The molecule has 0 aromatic carbocycles. The fourth-order valence-corrected chi connectivity index (χ4v) is 3.29. The van der Waals surface area contributed by atoms with Crippen LogP contribution in [-0.2, 0) is 4.74 Å². The smallest absolute Gasteiger partial charge is 0.266 e. The van der Waals surface area contributed by atoms with Gasteiger partial charge in [0.1, 0.15) is 4.88 Å². The lowest BCUT2D eigenvalue weighted by molar-refractivity contribution is -0.0122. The van der Waals surface area contributed by atoms with Crippen LogP contribution in [0.5, 0.6) is 0 Å². The molecule has 0 spiro atoms. The maximum absolute atomic E-state index is 12.5. The van der Waals surface area contributed by atoms with E-state index in [2.05, 4.69) is 4.98 Å². The van der Waals surface area contributed by atoms with Crippen LogP contribution in [-0.4, -0.2) is 46.0 Å². The van der Waals surface area contributed by atoms with E-state index in [0.717, 1.165) is 15.5 Å². The highest BCUT2D eigenvalue weighted by Crippen LogP contribution is 2.23. The van der Waals surface area contributed by atoms with E-state index in [1.807, 2.05) is 29.3 Å². The van der Waals surface area contributed by atoms with E-state index < -0.39 is 0 Å². The van der Waals surface area contributed by atoms with Crippen molar-refractivity contribution in [1.82, 2.24) is 14.3 Å². The van der Waals surface area contributed by atoms with Gasteiger partial charge in [0.15, 0.2) is 4.96 Å². The van der Waals surface area contributed by atoms with Crippen molar-refractivity contribution < 1.29 is 9.53 Å². The number of carbonyl (C=O) groups is 1. The van der Waals surface area contributed by atoms with E-state index in [-0.39, 0.29) is 12.0 Å². The summed E-state index contributed by atoms with van der Waals surface area (Å²) in [4.78, 5) is 20.2. The van der Waals surface area contributed by atoms with E-state index in [4.69, 9.17) is 4.74 Å². The van der Waals surface area contributed by atoms with Gasteiger partial charge in [0, 0.05) is 31.2 Å². The Balaban J connectivity index is 1.91. The molecule has 18 heavy (non-hydrogen) atoms. The Morgan fingerprint density at radius 1 is 1.61 bits per heavy atom. The van der Waals surface area contributed by atoms with Crippen LogP contribution in [0.3, 0.4) is 0 Å². The zero-order valence-corrected chi connectivity index (χ0v) is 11.2. The van der Waals surface area contributed by atoms with Gasteiger partial charge in [-0.25, -0.2) is 4.98 Å². The van der Waals surface area contributed by atoms with Gasteiger partial charge in [-0.1, -0.05) is 11.3 Å². The van der Waals surface area contributed by atoms with Crippen molar-refractivity contribution in [2.75, 3.05) is 19.7 Å². The van der Waals surface area contributed by atoms with E-state index in [9.17, 15) is 4.79 Å². The van der Waals surface area contributed by atoms with E-state index in [1.165, 1.54) is 11.3 Å². The zero-order valence-electron chi connectivity index (χ0n) is 10.4. The van der Waals surface area contributed by atoms with Gasteiger partial charge in [-0.2, -0.15) is 0 Å². The number of thiazole rings is 1. The number of nitrogens with zero attached hydrogens (tertiary/aromatic N) is 3. The number of ether oxygens (including phenoxy) is 1. The number of hydrogen-bond donors (Lipinski definition) is 0. The van der Waals surface area contributed by atoms with Crippen LogP contribution in [0, 0.1) is 6.92 Å². The van der Waals surface area contributed by atoms with Crippen LogP contribution in [0.4, 0.5) is 0 Å². The summed E-state index contributed by atoms with van der Waals surface area (Å²) in [6.45, 7) is 5.91. The first-order valence-corrected chi connectivity index (χ1v) is 6.82. The average Bonchev–Trinajstić information content (AvgIpc) is 2.92. The molecule has 0 N–H and O–H groups in total. The number of carbonyl (C=O) groups excluding carboxylic acids is 1. The molecule has 3 rings (SSSR count). The third-order valence-corrected chi connectivity index (χ3v) is 4.37. The highest BCUT2D eigenvalue weighted by molar-refractivity contribution is 7.19. The zero-order chi connectivity index (χ0) is 12.7. The molecular formula is C12H15N3O2S. The molecule has 0 radical (unpaired) electrons. The summed E-state index contributed by atoms with van der Waals surface area (Å²) < 4.78 is 7.42. The Morgan fingerprint density at radius 2 is 2.44 bits per heavy atom. The van der Waals surface area contributed by atoms with E-state index >= 15 is 0 Å². The lowest BCUT2D eigenvalue weighted by Crippen LogP contribution is -2.44. The van der Waals surface area contributed by atoms with Crippen molar-refractivity contribution in [1.29, 1.82) is 0 Å². The third-order valence-electron chi connectivity index (χ3n) is 3.21. The van der Waals surface area contributed by atoms with Gasteiger partial charge in [-0.15, -0.1) is 0 Å². The molecule has 6 heteroatoms. The maximum Gasteiger partial charge on any atom is 0.266 e. The van der Waals surface area contributed by atoms with Crippen molar-refractivity contribution in [2.24, 2.45) is 0 Å². The lowest BCUT2D eigenvalue weighted by Gasteiger charge is -2.30. The minimum Gasteiger partial charge on any atom is -0.375 e. The molecule has 0 bridgehead atoms. The quantitative estimate of drug-likeness (QED) is 0.786. The molecule has 1 aliphatic heterocycles. The number of imidazole rings is 1. The number of rotatable bonds is 1. The van der Waals surface area contributed by atoms with Crippen molar-refractivity contribution in [3.05, 3.63) is 23.0 Å². The molecule has 1 atom stereocenters. The van der Waals surface area contributed by atoms with Gasteiger partial charge in [0.25, 0.3) is 5.91 Å². The van der Waals surface area contributed by atoms with Crippen LogP contribution in [0.15, 0.2) is 12.4 Å². The number of hydrogen-bond acceptors (Lipinski definition) is 4. The summed E-state index contributed by atoms with van der Waals surface area (Å²) in [6, 6.07) is 0. The average molecular weight is 265 g/mol. The topological polar surface area (TPSA) is 46.8 Å². The van der Waals surface area contributed by atoms with Gasteiger partial charge in [0.2, 0.25) is 0 Å². The number of aromatic nitrogens is 2. The van der Waals surface area contributed by atoms with Gasteiger partial charge >= 0.3 is 0 Å². The summed E-state index contributed by atoms with van der Waals surface area (Å²) in [5.74, 6) is 0.0955. The van der Waals surface area contributed by atoms with Crippen LogP contribution < -0.4 is 0 Å². The first-order valence-electron chi connectivity index (χ1n) is 6.00. The minimum atomic E-state index is 0.0955. The van der Waals surface area contributed by atoms with E-state index in [1.54, 1.807) is 6.20 Å². The van der Waals surface area contributed by atoms with Crippen molar-refractivity contribution in [3.8, 4) is 0 Å². The van der Waals surface area contributed by atoms with Crippen molar-refractivity contribution in [2.45, 2.75) is 20.0 Å². The molecule has 0 saturated carbocycles. The largest absolute Gasteiger partial charge is 0.375 e. The third kappa shape index (κ3) is 1.81. The molecule has 2 aromatic rings. The Kier molecular flexibility index (Phi) is 2.83. The van der Waals surface area contributed by atoms with Gasteiger partial charge < -0.3 is 9.64 Å². The fraction of sp³-hybridized carbons (Fsp3) is 0.500. The van der Waals surface area contributed by atoms with Gasteiger partial charge in [-0.05, 0) is 13.8 Å². The number of amides is 1. The van der Waals surface area contributed by atoms with Crippen LogP contribution in [0.25, 0.3) is 4.96 Å². The van der Waals surface area contributed by atoms with E-state index in [0.29, 0.717) is 19.7 Å². The second-order valence-electron chi connectivity index (χ2n) is 4.53. The molecule has 1 saturated heterocycles. The maximum atomic E-state index is 12.5. The standard InChI is InChI=1S/C12H15N3O2S/c1-8-7-14(5-6-17-8)11(16)10-9(2)15-4-3-13-12(15)18-10/h3-4,8H,5-7H2,1-2H3/t8-/m0/s1. The SMILES string of the molecule is Cc1c(C(=O)N2CCO[C@@H](C)C2)sc2nccn12. The minimum absolute atomic E-state index is 0.0955. The molecule has 3 heterocycles. The Morgan fingerprint density at radius 3 is 3.17 bits per heavy atom. The predicted molar refractivity (Wildman–Crippen MR) is 69.1 cm³/mol. The number of aryl methyl sites for hydroxylation is 1. The molecule has 1 aliphatic rings. The summed E-state index contributed by atoms with van der Waals surface area (Å²) >= 11 is 1.45. The molecule has 0 aliphatic carbocycles. The molecule has 5 nitrogen and oxygen atoms in total. The Hall–Kier alpha value is -1.40. The Bertz CT molecular complexity index is 589. The molecule has 1 fully saturated rings. The van der Waals surface area contributed by atoms with Crippen molar-refractivity contribution >= 4 is 22.2 Å². The Labute approximate surface area is 109 Å². The molecule has 96 valence electrons. The van der Waals surface area contributed by atoms with Crippen molar-refractivity contribution in [3.63, 3.8) is 0 Å². The second kappa shape index (κ2) is 4.37. The summed E-state index contributed by atoms with van der Waals surface area (Å²) in [7, 11) is 0.